The third-order valence-corrected chi connectivity index (χ3v) is 4.26. The fourth-order valence-electron chi connectivity index (χ4n) is 2.17. The molecular weight excluding hydrogens is 246 g/mol. The summed E-state index contributed by atoms with van der Waals surface area (Å²) in [7, 11) is 0. The third kappa shape index (κ3) is 2.22. The van der Waals surface area contributed by atoms with Gasteiger partial charge < -0.3 is 9.72 Å². The smallest absolute Gasteiger partial charge is 0.253 e. The molecule has 0 bridgehead atoms. The molecule has 1 amide bonds. The van der Waals surface area contributed by atoms with Crippen molar-refractivity contribution in [2.45, 2.75) is 19.4 Å². The molecule has 3 heterocycles. The maximum absolute atomic E-state index is 12.1. The van der Waals surface area contributed by atoms with Gasteiger partial charge in [-0.25, -0.2) is 4.98 Å². The average molecular weight is 261 g/mol. The van der Waals surface area contributed by atoms with Gasteiger partial charge in [0, 0.05) is 24.2 Å². The van der Waals surface area contributed by atoms with Gasteiger partial charge in [-0.1, -0.05) is 0 Å². The van der Waals surface area contributed by atoms with Crippen LogP contribution in [0.4, 0.5) is 0 Å². The second-order valence-electron chi connectivity index (χ2n) is 4.60. The Bertz CT molecular complexity index is 587. The standard InChI is InChI=1S/C13H15N3OS/c1-9-6-16-7-10(2-3-12(16)14-9)13(17)15-11-4-5-18-8-11/h2-3,6-7,11H,4-5,8H2,1H3,(H,15,17)/t11-/m0/s1. The number of nitrogens with one attached hydrogen (secondary N) is 1. The van der Waals surface area contributed by atoms with Crippen molar-refractivity contribution in [2.24, 2.45) is 0 Å². The number of pyridine rings is 1. The van der Waals surface area contributed by atoms with Crippen LogP contribution in [0.3, 0.4) is 0 Å². The minimum atomic E-state index is 0.00996. The molecule has 0 spiro atoms. The average Bonchev–Trinajstić information content (AvgIpc) is 2.95. The number of imidazole rings is 1. The van der Waals surface area contributed by atoms with E-state index in [4.69, 9.17) is 0 Å². The van der Waals surface area contributed by atoms with E-state index in [0.717, 1.165) is 29.3 Å². The Kier molecular flexibility index (Phi) is 2.99. The zero-order valence-corrected chi connectivity index (χ0v) is 11.0. The lowest BCUT2D eigenvalue weighted by molar-refractivity contribution is 0.0940. The highest BCUT2D eigenvalue weighted by atomic mass is 32.2. The Hall–Kier alpha value is -1.49. The molecule has 2 aromatic rings. The lowest BCUT2D eigenvalue weighted by Crippen LogP contribution is -2.34. The summed E-state index contributed by atoms with van der Waals surface area (Å²) in [6.45, 7) is 1.95. The number of thioether (sulfide) groups is 1. The molecule has 1 fully saturated rings. The van der Waals surface area contributed by atoms with Crippen LogP contribution in [0.1, 0.15) is 22.5 Å². The van der Waals surface area contributed by atoms with E-state index in [0.29, 0.717) is 11.6 Å². The second-order valence-corrected chi connectivity index (χ2v) is 5.75. The lowest BCUT2D eigenvalue weighted by Gasteiger charge is -2.11. The van der Waals surface area contributed by atoms with E-state index in [1.165, 1.54) is 0 Å². The van der Waals surface area contributed by atoms with Crippen LogP contribution in [0, 0.1) is 6.92 Å². The van der Waals surface area contributed by atoms with Crippen LogP contribution in [-0.4, -0.2) is 32.8 Å². The number of aryl methyl sites for hydroxylation is 1. The van der Waals surface area contributed by atoms with Crippen molar-refractivity contribution in [3.63, 3.8) is 0 Å². The highest BCUT2D eigenvalue weighted by Crippen LogP contribution is 2.17. The Labute approximate surface area is 110 Å². The molecule has 4 nitrogen and oxygen atoms in total. The van der Waals surface area contributed by atoms with Gasteiger partial charge in [0.1, 0.15) is 5.65 Å². The lowest BCUT2D eigenvalue weighted by atomic mass is 10.2. The largest absolute Gasteiger partial charge is 0.348 e. The molecule has 2 aromatic heterocycles. The fraction of sp³-hybridized carbons (Fsp3) is 0.385. The molecule has 18 heavy (non-hydrogen) atoms. The number of hydrogen-bond donors (Lipinski definition) is 1. The minimum Gasteiger partial charge on any atom is -0.348 e. The summed E-state index contributed by atoms with van der Waals surface area (Å²) in [6, 6.07) is 4.03. The summed E-state index contributed by atoms with van der Waals surface area (Å²) in [5.41, 5.74) is 2.53. The number of hydrogen-bond acceptors (Lipinski definition) is 3. The Balaban J connectivity index is 1.81. The molecule has 1 aliphatic rings. The highest BCUT2D eigenvalue weighted by Gasteiger charge is 2.18. The SMILES string of the molecule is Cc1cn2cc(C(=O)N[C@H]3CCSC3)ccc2n1. The van der Waals surface area contributed by atoms with Gasteiger partial charge in [-0.05, 0) is 31.2 Å². The van der Waals surface area contributed by atoms with E-state index in [1.54, 1.807) is 0 Å². The van der Waals surface area contributed by atoms with Crippen molar-refractivity contribution in [2.75, 3.05) is 11.5 Å². The van der Waals surface area contributed by atoms with Crippen molar-refractivity contribution in [3.8, 4) is 0 Å². The summed E-state index contributed by atoms with van der Waals surface area (Å²) in [5, 5.41) is 3.07. The normalized spacial score (nSPS) is 19.3. The summed E-state index contributed by atoms with van der Waals surface area (Å²) in [4.78, 5) is 16.4. The second kappa shape index (κ2) is 4.65. The third-order valence-electron chi connectivity index (χ3n) is 3.10. The first-order chi connectivity index (χ1) is 8.72. The Morgan fingerprint density at radius 3 is 3.17 bits per heavy atom. The van der Waals surface area contributed by atoms with Crippen LogP contribution < -0.4 is 5.32 Å². The van der Waals surface area contributed by atoms with Gasteiger partial charge in [0.15, 0.2) is 0 Å². The predicted molar refractivity (Wildman–Crippen MR) is 73.1 cm³/mol. The van der Waals surface area contributed by atoms with Gasteiger partial charge in [0.25, 0.3) is 5.91 Å². The number of fused-ring (bicyclic) bond motifs is 1. The van der Waals surface area contributed by atoms with E-state index in [2.05, 4.69) is 10.3 Å². The molecule has 5 heteroatoms. The van der Waals surface area contributed by atoms with Gasteiger partial charge in [-0.15, -0.1) is 0 Å². The summed E-state index contributed by atoms with van der Waals surface area (Å²) >= 11 is 1.90. The molecule has 1 aliphatic heterocycles. The quantitative estimate of drug-likeness (QED) is 0.898. The fourth-order valence-corrected chi connectivity index (χ4v) is 3.32. The van der Waals surface area contributed by atoms with E-state index < -0.39 is 0 Å². The Morgan fingerprint density at radius 1 is 1.50 bits per heavy atom. The molecule has 1 saturated heterocycles. The molecule has 0 aromatic carbocycles. The van der Waals surface area contributed by atoms with E-state index >= 15 is 0 Å². The zero-order chi connectivity index (χ0) is 12.5. The molecule has 1 atom stereocenters. The van der Waals surface area contributed by atoms with Crippen molar-refractivity contribution >= 4 is 23.3 Å². The van der Waals surface area contributed by atoms with Gasteiger partial charge >= 0.3 is 0 Å². The van der Waals surface area contributed by atoms with Gasteiger partial charge in [-0.2, -0.15) is 11.8 Å². The first-order valence-electron chi connectivity index (χ1n) is 6.06. The van der Waals surface area contributed by atoms with Gasteiger partial charge in [-0.3, -0.25) is 4.79 Å². The number of rotatable bonds is 2. The van der Waals surface area contributed by atoms with Crippen LogP contribution in [-0.2, 0) is 0 Å². The van der Waals surface area contributed by atoms with E-state index in [9.17, 15) is 4.79 Å². The predicted octanol–water partition coefficient (Wildman–Crippen LogP) is 1.88. The van der Waals surface area contributed by atoms with Crippen LogP contribution in [0.2, 0.25) is 0 Å². The van der Waals surface area contributed by atoms with E-state index in [-0.39, 0.29) is 5.91 Å². The minimum absolute atomic E-state index is 0.00996. The van der Waals surface area contributed by atoms with Crippen LogP contribution >= 0.6 is 11.8 Å². The van der Waals surface area contributed by atoms with Gasteiger partial charge in [0.2, 0.25) is 0 Å². The molecular formula is C13H15N3OS. The Morgan fingerprint density at radius 2 is 2.39 bits per heavy atom. The molecule has 0 aliphatic carbocycles. The first-order valence-corrected chi connectivity index (χ1v) is 7.22. The van der Waals surface area contributed by atoms with Crippen molar-refractivity contribution in [1.29, 1.82) is 0 Å². The van der Waals surface area contributed by atoms with Crippen molar-refractivity contribution in [3.05, 3.63) is 35.8 Å². The number of nitrogens with zero attached hydrogens (tertiary/aromatic N) is 2. The van der Waals surface area contributed by atoms with Crippen molar-refractivity contribution in [1.82, 2.24) is 14.7 Å². The maximum Gasteiger partial charge on any atom is 0.253 e. The van der Waals surface area contributed by atoms with Crippen LogP contribution in [0.15, 0.2) is 24.5 Å². The summed E-state index contributed by atoms with van der Waals surface area (Å²) in [5.74, 6) is 2.18. The van der Waals surface area contributed by atoms with Crippen LogP contribution in [0.25, 0.3) is 5.65 Å². The number of carbonyl (C=O) groups excluding carboxylic acids is 1. The highest BCUT2D eigenvalue weighted by molar-refractivity contribution is 7.99. The topological polar surface area (TPSA) is 46.4 Å². The zero-order valence-electron chi connectivity index (χ0n) is 10.2. The monoisotopic (exact) mass is 261 g/mol. The summed E-state index contributed by atoms with van der Waals surface area (Å²) in [6.07, 6.45) is 4.84. The van der Waals surface area contributed by atoms with Crippen LogP contribution in [0.5, 0.6) is 0 Å². The van der Waals surface area contributed by atoms with Gasteiger partial charge in [0.05, 0.1) is 11.3 Å². The molecule has 0 saturated carbocycles. The molecule has 3 rings (SSSR count). The number of aromatic nitrogens is 2. The van der Waals surface area contributed by atoms with Crippen molar-refractivity contribution < 1.29 is 4.79 Å². The molecule has 94 valence electrons. The molecule has 0 radical (unpaired) electrons. The summed E-state index contributed by atoms with van der Waals surface area (Å²) < 4.78 is 1.90. The maximum atomic E-state index is 12.1. The first kappa shape index (κ1) is 11.6. The van der Waals surface area contributed by atoms with E-state index in [1.807, 2.05) is 47.6 Å². The molecule has 0 unspecified atom stereocenters. The molecule has 1 N–H and O–H groups in total. The number of carbonyl (C=O) groups is 1. The number of amides is 1.